The number of primary amides is 1. The van der Waals surface area contributed by atoms with Crippen molar-refractivity contribution in [2.75, 3.05) is 5.32 Å². The Hall–Kier alpha value is -2.07. The first-order valence-corrected chi connectivity index (χ1v) is 6.20. The van der Waals surface area contributed by atoms with Gasteiger partial charge in [-0.05, 0) is 36.8 Å². The molecule has 1 heterocycles. The van der Waals surface area contributed by atoms with Crippen molar-refractivity contribution in [3.05, 3.63) is 58.4 Å². The molecule has 1 aromatic heterocycles. The van der Waals surface area contributed by atoms with Gasteiger partial charge in [-0.25, -0.2) is 4.98 Å². The lowest BCUT2D eigenvalue weighted by atomic mass is 10.1. The maximum atomic E-state index is 11.1. The Morgan fingerprint density at radius 1 is 1.37 bits per heavy atom. The van der Waals surface area contributed by atoms with E-state index in [1.165, 1.54) is 0 Å². The number of nitrogens with one attached hydrogen (secondary N) is 1. The van der Waals surface area contributed by atoms with Crippen LogP contribution < -0.4 is 11.1 Å². The van der Waals surface area contributed by atoms with Crippen LogP contribution in [0.5, 0.6) is 0 Å². The van der Waals surface area contributed by atoms with E-state index in [9.17, 15) is 4.79 Å². The molecule has 0 fully saturated rings. The van der Waals surface area contributed by atoms with E-state index in [0.29, 0.717) is 17.3 Å². The monoisotopic (exact) mass is 275 g/mol. The molecule has 0 aliphatic carbocycles. The van der Waals surface area contributed by atoms with Crippen molar-refractivity contribution in [2.24, 2.45) is 5.73 Å². The number of carbonyl (C=O) groups is 1. The van der Waals surface area contributed by atoms with Crippen molar-refractivity contribution in [3.8, 4) is 0 Å². The smallest absolute Gasteiger partial charge is 0.248 e. The molecule has 0 radical (unpaired) electrons. The first-order chi connectivity index (χ1) is 9.06. The zero-order valence-electron chi connectivity index (χ0n) is 10.5. The number of benzene rings is 1. The van der Waals surface area contributed by atoms with Crippen LogP contribution in [0, 0.1) is 6.92 Å². The molecule has 2 rings (SSSR count). The van der Waals surface area contributed by atoms with Gasteiger partial charge in [0.1, 0.15) is 5.15 Å². The summed E-state index contributed by atoms with van der Waals surface area (Å²) >= 11 is 5.80. The Balaban J connectivity index is 2.10. The number of carbonyl (C=O) groups excluding carboxylic acids is 1. The van der Waals surface area contributed by atoms with E-state index >= 15 is 0 Å². The maximum Gasteiger partial charge on any atom is 0.248 e. The third kappa shape index (κ3) is 3.45. The lowest BCUT2D eigenvalue weighted by molar-refractivity contribution is 0.1000. The van der Waals surface area contributed by atoms with Gasteiger partial charge >= 0.3 is 0 Å². The van der Waals surface area contributed by atoms with Gasteiger partial charge in [-0.2, -0.15) is 0 Å². The minimum absolute atomic E-state index is 0.425. The Morgan fingerprint density at radius 3 is 2.84 bits per heavy atom. The number of rotatable bonds is 4. The normalized spacial score (nSPS) is 10.2. The average Bonchev–Trinajstić information content (AvgIpc) is 2.38. The molecule has 1 aromatic carbocycles. The molecule has 0 atom stereocenters. The highest BCUT2D eigenvalue weighted by molar-refractivity contribution is 6.29. The Labute approximate surface area is 116 Å². The SMILES string of the molecule is Cc1nc(Cl)ccc1NCc1cccc(C(N)=O)c1. The molecule has 0 aliphatic rings. The van der Waals surface area contributed by atoms with E-state index in [-0.39, 0.29) is 0 Å². The summed E-state index contributed by atoms with van der Waals surface area (Å²) in [6.45, 7) is 2.47. The third-order valence-corrected chi connectivity index (χ3v) is 2.96. The van der Waals surface area contributed by atoms with E-state index in [1.54, 1.807) is 18.2 Å². The highest BCUT2D eigenvalue weighted by atomic mass is 35.5. The second kappa shape index (κ2) is 5.71. The van der Waals surface area contributed by atoms with Crippen molar-refractivity contribution in [1.29, 1.82) is 0 Å². The summed E-state index contributed by atoms with van der Waals surface area (Å²) in [5.74, 6) is -0.425. The highest BCUT2D eigenvalue weighted by Crippen LogP contribution is 2.17. The molecule has 0 bridgehead atoms. The summed E-state index contributed by atoms with van der Waals surface area (Å²) in [5, 5.41) is 3.72. The van der Waals surface area contributed by atoms with Crippen LogP contribution in [0.3, 0.4) is 0 Å². The van der Waals surface area contributed by atoms with E-state index < -0.39 is 5.91 Å². The van der Waals surface area contributed by atoms with Gasteiger partial charge < -0.3 is 11.1 Å². The molecule has 98 valence electrons. The highest BCUT2D eigenvalue weighted by Gasteiger charge is 2.03. The number of pyridine rings is 1. The fourth-order valence-electron chi connectivity index (χ4n) is 1.75. The molecule has 0 saturated heterocycles. The predicted octanol–water partition coefficient (Wildman–Crippen LogP) is 2.75. The fourth-order valence-corrected chi connectivity index (χ4v) is 1.94. The van der Waals surface area contributed by atoms with Gasteiger partial charge in [0.2, 0.25) is 5.91 Å². The van der Waals surface area contributed by atoms with Crippen molar-refractivity contribution >= 4 is 23.2 Å². The molecule has 0 aliphatic heterocycles. The molecule has 19 heavy (non-hydrogen) atoms. The van der Waals surface area contributed by atoms with Crippen LogP contribution in [0.15, 0.2) is 36.4 Å². The van der Waals surface area contributed by atoms with Gasteiger partial charge in [0.15, 0.2) is 0 Å². The first kappa shape index (κ1) is 13.4. The molecule has 4 nitrogen and oxygen atoms in total. The van der Waals surface area contributed by atoms with E-state index in [1.807, 2.05) is 25.1 Å². The molecule has 0 spiro atoms. The number of aromatic nitrogens is 1. The largest absolute Gasteiger partial charge is 0.380 e. The Morgan fingerprint density at radius 2 is 2.16 bits per heavy atom. The maximum absolute atomic E-state index is 11.1. The second-order valence-electron chi connectivity index (χ2n) is 4.19. The molecular formula is C14H14ClN3O. The van der Waals surface area contributed by atoms with Gasteiger partial charge in [0.25, 0.3) is 0 Å². The minimum atomic E-state index is -0.425. The summed E-state index contributed by atoms with van der Waals surface area (Å²) < 4.78 is 0. The zero-order chi connectivity index (χ0) is 13.8. The van der Waals surface area contributed by atoms with Crippen molar-refractivity contribution < 1.29 is 4.79 Å². The molecule has 0 saturated carbocycles. The van der Waals surface area contributed by atoms with Crippen LogP contribution in [-0.4, -0.2) is 10.9 Å². The summed E-state index contributed by atoms with van der Waals surface area (Å²) in [5.41, 5.74) is 8.47. The number of hydrogen-bond donors (Lipinski definition) is 2. The quantitative estimate of drug-likeness (QED) is 0.843. The predicted molar refractivity (Wildman–Crippen MR) is 76.3 cm³/mol. The molecular weight excluding hydrogens is 262 g/mol. The van der Waals surface area contributed by atoms with E-state index in [4.69, 9.17) is 17.3 Å². The van der Waals surface area contributed by atoms with Gasteiger partial charge in [0, 0.05) is 12.1 Å². The van der Waals surface area contributed by atoms with E-state index in [2.05, 4.69) is 10.3 Å². The minimum Gasteiger partial charge on any atom is -0.380 e. The first-order valence-electron chi connectivity index (χ1n) is 5.82. The molecule has 2 aromatic rings. The topological polar surface area (TPSA) is 68.0 Å². The molecule has 1 amide bonds. The van der Waals surface area contributed by atoms with Crippen molar-refractivity contribution in [3.63, 3.8) is 0 Å². The standard InChI is InChI=1S/C14H14ClN3O/c1-9-12(5-6-13(15)18-9)17-8-10-3-2-4-11(7-10)14(16)19/h2-7,17H,8H2,1H3,(H2,16,19). The molecule has 3 N–H and O–H groups in total. The van der Waals surface area contributed by atoms with Crippen LogP contribution in [-0.2, 0) is 6.54 Å². The molecule has 5 heteroatoms. The van der Waals surface area contributed by atoms with Crippen LogP contribution in [0.1, 0.15) is 21.6 Å². The number of anilines is 1. The number of halogens is 1. The van der Waals surface area contributed by atoms with Crippen LogP contribution in [0.2, 0.25) is 5.15 Å². The van der Waals surface area contributed by atoms with Gasteiger partial charge in [-0.15, -0.1) is 0 Å². The van der Waals surface area contributed by atoms with Crippen LogP contribution in [0.25, 0.3) is 0 Å². The lowest BCUT2D eigenvalue weighted by Gasteiger charge is -2.09. The Bertz CT molecular complexity index is 613. The van der Waals surface area contributed by atoms with Gasteiger partial charge in [-0.3, -0.25) is 4.79 Å². The van der Waals surface area contributed by atoms with Gasteiger partial charge in [0.05, 0.1) is 11.4 Å². The Kier molecular flexibility index (Phi) is 4.02. The van der Waals surface area contributed by atoms with E-state index in [0.717, 1.165) is 16.9 Å². The number of hydrogen-bond acceptors (Lipinski definition) is 3. The van der Waals surface area contributed by atoms with Crippen molar-refractivity contribution in [1.82, 2.24) is 4.98 Å². The number of nitrogens with zero attached hydrogens (tertiary/aromatic N) is 1. The summed E-state index contributed by atoms with van der Waals surface area (Å²) in [6.07, 6.45) is 0. The third-order valence-electron chi connectivity index (χ3n) is 2.75. The lowest BCUT2D eigenvalue weighted by Crippen LogP contribution is -2.11. The summed E-state index contributed by atoms with van der Waals surface area (Å²) in [4.78, 5) is 15.3. The number of amides is 1. The average molecular weight is 276 g/mol. The van der Waals surface area contributed by atoms with Gasteiger partial charge in [-0.1, -0.05) is 23.7 Å². The van der Waals surface area contributed by atoms with Crippen molar-refractivity contribution in [2.45, 2.75) is 13.5 Å². The van der Waals surface area contributed by atoms with Crippen LogP contribution in [0.4, 0.5) is 5.69 Å². The fraction of sp³-hybridized carbons (Fsp3) is 0.143. The summed E-state index contributed by atoms with van der Waals surface area (Å²) in [7, 11) is 0. The number of nitrogens with two attached hydrogens (primary N) is 1. The second-order valence-corrected chi connectivity index (χ2v) is 4.57. The molecule has 0 unspecified atom stereocenters. The number of aryl methyl sites for hydroxylation is 1. The zero-order valence-corrected chi connectivity index (χ0v) is 11.2. The van der Waals surface area contributed by atoms with Crippen LogP contribution >= 0.6 is 11.6 Å². The summed E-state index contributed by atoms with van der Waals surface area (Å²) in [6, 6.07) is 10.8.